The fourth-order valence-corrected chi connectivity index (χ4v) is 1.39. The van der Waals surface area contributed by atoms with E-state index in [1.54, 1.807) is 7.11 Å². The second-order valence-electron chi connectivity index (χ2n) is 4.33. The highest BCUT2D eigenvalue weighted by molar-refractivity contribution is 5.78. The summed E-state index contributed by atoms with van der Waals surface area (Å²) in [5.41, 5.74) is 0.0351. The van der Waals surface area contributed by atoms with E-state index in [1.807, 2.05) is 0 Å². The summed E-state index contributed by atoms with van der Waals surface area (Å²) >= 11 is 0. The Labute approximate surface area is 92.8 Å². The first-order valence-corrected chi connectivity index (χ1v) is 5.52. The molecule has 2 N–H and O–H groups in total. The molecule has 0 aliphatic heterocycles. The molecule has 0 radical (unpaired) electrons. The number of carbonyl (C=O) groups is 1. The second-order valence-corrected chi connectivity index (χ2v) is 4.33. The van der Waals surface area contributed by atoms with Crippen LogP contribution in [0.15, 0.2) is 0 Å². The van der Waals surface area contributed by atoms with Gasteiger partial charge in [0, 0.05) is 19.2 Å². The van der Waals surface area contributed by atoms with Crippen molar-refractivity contribution < 1.29 is 9.53 Å². The van der Waals surface area contributed by atoms with Crippen LogP contribution in [-0.4, -0.2) is 38.3 Å². The number of rotatable bonds is 8. The van der Waals surface area contributed by atoms with Crippen molar-refractivity contribution in [3.05, 3.63) is 0 Å². The zero-order chi connectivity index (χ0) is 11.7. The van der Waals surface area contributed by atoms with E-state index in [0.717, 1.165) is 12.8 Å². The Morgan fingerprint density at radius 1 is 1.40 bits per heavy atom. The lowest BCUT2D eigenvalue weighted by Crippen LogP contribution is -2.45. The van der Waals surface area contributed by atoms with Crippen LogP contribution in [0.2, 0.25) is 0 Å². The lowest BCUT2D eigenvalue weighted by Gasteiger charge is -2.25. The number of amides is 1. The van der Waals surface area contributed by atoms with Crippen LogP contribution in [0.5, 0.6) is 0 Å². The van der Waals surface area contributed by atoms with E-state index in [0.29, 0.717) is 19.7 Å². The maximum absolute atomic E-state index is 11.3. The van der Waals surface area contributed by atoms with E-state index in [-0.39, 0.29) is 11.4 Å². The highest BCUT2D eigenvalue weighted by Crippen LogP contribution is 2.09. The van der Waals surface area contributed by atoms with Gasteiger partial charge in [0.25, 0.3) is 0 Å². The summed E-state index contributed by atoms with van der Waals surface area (Å²) in [5.74, 6) is 0.0243. The van der Waals surface area contributed by atoms with Gasteiger partial charge in [-0.05, 0) is 20.3 Å². The minimum absolute atomic E-state index is 0.0243. The van der Waals surface area contributed by atoms with Gasteiger partial charge in [0.1, 0.15) is 0 Å². The summed E-state index contributed by atoms with van der Waals surface area (Å²) in [4.78, 5) is 11.3. The molecule has 15 heavy (non-hydrogen) atoms. The number of methoxy groups -OCH3 is 1. The molecule has 0 aliphatic carbocycles. The smallest absolute Gasteiger partial charge is 0.234 e. The number of ether oxygens (including phenoxy) is 1. The third kappa shape index (κ3) is 8.39. The molecule has 0 heterocycles. The molecular weight excluding hydrogens is 192 g/mol. The first-order valence-electron chi connectivity index (χ1n) is 5.52. The van der Waals surface area contributed by atoms with Gasteiger partial charge in [-0.25, -0.2) is 0 Å². The molecule has 90 valence electrons. The predicted octanol–water partition coefficient (Wildman–Crippen LogP) is 0.917. The summed E-state index contributed by atoms with van der Waals surface area (Å²) in [7, 11) is 1.62. The molecule has 0 bridgehead atoms. The molecular formula is C11H24N2O2. The molecule has 1 amide bonds. The quantitative estimate of drug-likeness (QED) is 0.593. The van der Waals surface area contributed by atoms with Gasteiger partial charge in [-0.15, -0.1) is 0 Å². The van der Waals surface area contributed by atoms with E-state index in [4.69, 9.17) is 4.74 Å². The normalized spacial score (nSPS) is 11.5. The highest BCUT2D eigenvalue weighted by Gasteiger charge is 2.16. The highest BCUT2D eigenvalue weighted by atomic mass is 16.5. The second kappa shape index (κ2) is 7.65. The number of nitrogens with one attached hydrogen (secondary N) is 2. The Morgan fingerprint density at radius 2 is 2.07 bits per heavy atom. The molecule has 0 aromatic rings. The maximum atomic E-state index is 11.3. The molecule has 0 saturated heterocycles. The van der Waals surface area contributed by atoms with Crippen molar-refractivity contribution in [2.75, 3.05) is 26.8 Å². The SMILES string of the molecule is CCCC(C)(C)NCC(=O)NCCOC. The predicted molar refractivity (Wildman–Crippen MR) is 61.9 cm³/mol. The molecule has 0 aromatic heterocycles. The van der Waals surface area contributed by atoms with E-state index in [1.165, 1.54) is 0 Å². The molecule has 0 atom stereocenters. The van der Waals surface area contributed by atoms with Crippen LogP contribution in [0.4, 0.5) is 0 Å². The van der Waals surface area contributed by atoms with Crippen LogP contribution in [0.25, 0.3) is 0 Å². The van der Waals surface area contributed by atoms with Crippen molar-refractivity contribution >= 4 is 5.91 Å². The molecule has 0 aliphatic rings. The summed E-state index contributed by atoms with van der Waals surface area (Å²) in [6.07, 6.45) is 2.18. The maximum Gasteiger partial charge on any atom is 0.234 e. The van der Waals surface area contributed by atoms with Gasteiger partial charge < -0.3 is 15.4 Å². The Balaban J connectivity index is 3.60. The molecule has 0 saturated carbocycles. The number of carbonyl (C=O) groups excluding carboxylic acids is 1. The molecule has 4 nitrogen and oxygen atoms in total. The Bertz CT molecular complexity index is 181. The van der Waals surface area contributed by atoms with E-state index in [2.05, 4.69) is 31.4 Å². The van der Waals surface area contributed by atoms with Gasteiger partial charge in [-0.2, -0.15) is 0 Å². The summed E-state index contributed by atoms with van der Waals surface area (Å²) < 4.78 is 4.84. The Hall–Kier alpha value is -0.610. The molecule has 0 unspecified atom stereocenters. The summed E-state index contributed by atoms with van der Waals surface area (Å²) in [6, 6.07) is 0. The largest absolute Gasteiger partial charge is 0.383 e. The fraction of sp³-hybridized carbons (Fsp3) is 0.909. The number of hydrogen-bond donors (Lipinski definition) is 2. The minimum Gasteiger partial charge on any atom is -0.383 e. The van der Waals surface area contributed by atoms with E-state index in [9.17, 15) is 4.79 Å². The Kier molecular flexibility index (Phi) is 7.34. The van der Waals surface area contributed by atoms with Crippen molar-refractivity contribution in [2.45, 2.75) is 39.2 Å². The topological polar surface area (TPSA) is 50.4 Å². The van der Waals surface area contributed by atoms with Crippen LogP contribution in [0.3, 0.4) is 0 Å². The van der Waals surface area contributed by atoms with Crippen molar-refractivity contribution in [2.24, 2.45) is 0 Å². The monoisotopic (exact) mass is 216 g/mol. The van der Waals surface area contributed by atoms with Crippen LogP contribution < -0.4 is 10.6 Å². The average Bonchev–Trinajstić information content (AvgIpc) is 2.15. The van der Waals surface area contributed by atoms with Crippen molar-refractivity contribution in [3.8, 4) is 0 Å². The van der Waals surface area contributed by atoms with E-state index >= 15 is 0 Å². The third-order valence-corrected chi connectivity index (χ3v) is 2.23. The van der Waals surface area contributed by atoms with Gasteiger partial charge in [0.15, 0.2) is 0 Å². The van der Waals surface area contributed by atoms with Gasteiger partial charge in [-0.3, -0.25) is 4.79 Å². The van der Waals surface area contributed by atoms with Crippen molar-refractivity contribution in [1.82, 2.24) is 10.6 Å². The minimum atomic E-state index is 0.0243. The molecule has 0 fully saturated rings. The molecule has 4 heteroatoms. The Morgan fingerprint density at radius 3 is 2.60 bits per heavy atom. The van der Waals surface area contributed by atoms with Crippen LogP contribution in [0, 0.1) is 0 Å². The zero-order valence-electron chi connectivity index (χ0n) is 10.4. The summed E-state index contributed by atoms with van der Waals surface area (Å²) in [5, 5.41) is 6.01. The standard InChI is InChI=1S/C11H24N2O2/c1-5-6-11(2,3)13-9-10(14)12-7-8-15-4/h13H,5-9H2,1-4H3,(H,12,14). The fourth-order valence-electron chi connectivity index (χ4n) is 1.39. The lowest BCUT2D eigenvalue weighted by atomic mass is 9.99. The molecule has 0 rings (SSSR count). The zero-order valence-corrected chi connectivity index (χ0v) is 10.4. The van der Waals surface area contributed by atoms with Gasteiger partial charge >= 0.3 is 0 Å². The van der Waals surface area contributed by atoms with Crippen LogP contribution in [0.1, 0.15) is 33.6 Å². The third-order valence-electron chi connectivity index (χ3n) is 2.23. The average molecular weight is 216 g/mol. The molecule has 0 spiro atoms. The summed E-state index contributed by atoms with van der Waals surface area (Å²) in [6.45, 7) is 7.87. The van der Waals surface area contributed by atoms with Crippen molar-refractivity contribution in [1.29, 1.82) is 0 Å². The number of hydrogen-bond acceptors (Lipinski definition) is 3. The van der Waals surface area contributed by atoms with Crippen LogP contribution >= 0.6 is 0 Å². The first kappa shape index (κ1) is 14.4. The van der Waals surface area contributed by atoms with Gasteiger partial charge in [0.05, 0.1) is 13.2 Å². The molecule has 0 aromatic carbocycles. The van der Waals surface area contributed by atoms with Gasteiger partial charge in [0.2, 0.25) is 5.91 Å². The van der Waals surface area contributed by atoms with Gasteiger partial charge in [-0.1, -0.05) is 13.3 Å². The lowest BCUT2D eigenvalue weighted by molar-refractivity contribution is -0.120. The first-order chi connectivity index (χ1) is 7.02. The van der Waals surface area contributed by atoms with Crippen molar-refractivity contribution in [3.63, 3.8) is 0 Å². The van der Waals surface area contributed by atoms with E-state index < -0.39 is 0 Å². The van der Waals surface area contributed by atoms with Crippen LogP contribution in [-0.2, 0) is 9.53 Å².